The fourth-order valence-electron chi connectivity index (χ4n) is 1.14. The van der Waals surface area contributed by atoms with Crippen LogP contribution in [-0.4, -0.2) is 18.0 Å². The molecule has 0 aromatic heterocycles. The molecule has 3 N–H and O–H groups in total. The first-order chi connectivity index (χ1) is 5.96. The molecule has 3 heteroatoms. The number of amides is 1. The summed E-state index contributed by atoms with van der Waals surface area (Å²) in [6, 6.07) is 0. The van der Waals surface area contributed by atoms with Crippen molar-refractivity contribution in [1.29, 1.82) is 0 Å². The first-order valence-electron chi connectivity index (χ1n) is 4.98. The highest BCUT2D eigenvalue weighted by molar-refractivity contribution is 5.83. The summed E-state index contributed by atoms with van der Waals surface area (Å²) in [7, 11) is 0. The van der Waals surface area contributed by atoms with Gasteiger partial charge in [-0.25, -0.2) is 0 Å². The summed E-state index contributed by atoms with van der Waals surface area (Å²) in [5.41, 5.74) is 5.29. The zero-order chi connectivity index (χ0) is 10.1. The van der Waals surface area contributed by atoms with E-state index in [-0.39, 0.29) is 16.9 Å². The van der Waals surface area contributed by atoms with Crippen molar-refractivity contribution in [3.63, 3.8) is 0 Å². The molecule has 0 aliphatic heterocycles. The molecule has 1 aliphatic rings. The van der Waals surface area contributed by atoms with Crippen LogP contribution < -0.4 is 11.1 Å². The van der Waals surface area contributed by atoms with E-state index in [1.54, 1.807) is 0 Å². The predicted molar refractivity (Wildman–Crippen MR) is 53.2 cm³/mol. The summed E-state index contributed by atoms with van der Waals surface area (Å²) >= 11 is 0. The minimum absolute atomic E-state index is 0.0721. The number of carbonyl (C=O) groups excluding carboxylic acids is 1. The van der Waals surface area contributed by atoms with E-state index in [4.69, 9.17) is 5.73 Å². The van der Waals surface area contributed by atoms with E-state index in [1.807, 2.05) is 13.8 Å². The smallest absolute Gasteiger partial charge is 0.227 e. The number of hydrogen-bond acceptors (Lipinski definition) is 2. The predicted octanol–water partition coefficient (Wildman–Crippen LogP) is 1.03. The van der Waals surface area contributed by atoms with Gasteiger partial charge in [0, 0.05) is 12.1 Å². The van der Waals surface area contributed by atoms with Crippen molar-refractivity contribution >= 4 is 5.91 Å². The Morgan fingerprint density at radius 2 is 2.15 bits per heavy atom. The second-order valence-electron chi connectivity index (χ2n) is 4.63. The van der Waals surface area contributed by atoms with Gasteiger partial charge in [0.15, 0.2) is 0 Å². The average Bonchev–Trinajstić information content (AvgIpc) is 2.81. The van der Waals surface area contributed by atoms with E-state index in [0.29, 0.717) is 6.54 Å². The van der Waals surface area contributed by atoms with Crippen molar-refractivity contribution in [3.8, 4) is 0 Å². The molecular weight excluding hydrogens is 164 g/mol. The number of nitrogens with one attached hydrogen (secondary N) is 1. The number of rotatable bonds is 4. The molecule has 0 spiro atoms. The van der Waals surface area contributed by atoms with Crippen molar-refractivity contribution in [3.05, 3.63) is 0 Å². The van der Waals surface area contributed by atoms with E-state index < -0.39 is 0 Å². The van der Waals surface area contributed by atoms with E-state index in [9.17, 15) is 4.79 Å². The molecule has 1 unspecified atom stereocenters. The Bertz CT molecular complexity index is 205. The van der Waals surface area contributed by atoms with E-state index in [1.165, 1.54) is 0 Å². The number of carbonyl (C=O) groups is 1. The first-order valence-corrected chi connectivity index (χ1v) is 4.98. The second kappa shape index (κ2) is 3.29. The molecule has 76 valence electrons. The third-order valence-corrected chi connectivity index (χ3v) is 3.19. The third-order valence-electron chi connectivity index (χ3n) is 3.19. The lowest BCUT2D eigenvalue weighted by Gasteiger charge is -2.27. The van der Waals surface area contributed by atoms with Crippen molar-refractivity contribution in [1.82, 2.24) is 5.32 Å². The van der Waals surface area contributed by atoms with E-state index in [0.717, 1.165) is 19.3 Å². The molecule has 0 bridgehead atoms. The van der Waals surface area contributed by atoms with Gasteiger partial charge in [0.05, 0.1) is 5.41 Å². The highest BCUT2D eigenvalue weighted by atomic mass is 16.2. The molecule has 0 aromatic carbocycles. The lowest BCUT2D eigenvalue weighted by atomic mass is 9.86. The highest BCUT2D eigenvalue weighted by Gasteiger charge is 2.42. The van der Waals surface area contributed by atoms with Crippen LogP contribution >= 0.6 is 0 Å². The normalized spacial score (nSPS) is 23.4. The fraction of sp³-hybridized carbons (Fsp3) is 0.900. The average molecular weight is 184 g/mol. The largest absolute Gasteiger partial charge is 0.350 e. The summed E-state index contributed by atoms with van der Waals surface area (Å²) in [5.74, 6) is 0.109. The van der Waals surface area contributed by atoms with Crippen LogP contribution in [0.4, 0.5) is 0 Å². The van der Waals surface area contributed by atoms with Gasteiger partial charge in [-0.2, -0.15) is 0 Å². The van der Waals surface area contributed by atoms with Gasteiger partial charge in [-0.15, -0.1) is 0 Å². The van der Waals surface area contributed by atoms with Crippen LogP contribution in [0, 0.1) is 5.41 Å². The van der Waals surface area contributed by atoms with Crippen LogP contribution in [-0.2, 0) is 4.79 Å². The van der Waals surface area contributed by atoms with Gasteiger partial charge in [-0.1, -0.05) is 6.92 Å². The van der Waals surface area contributed by atoms with Crippen LogP contribution in [0.2, 0.25) is 0 Å². The summed E-state index contributed by atoms with van der Waals surface area (Å²) in [6.45, 7) is 6.43. The summed E-state index contributed by atoms with van der Waals surface area (Å²) in [4.78, 5) is 11.8. The van der Waals surface area contributed by atoms with Crippen LogP contribution in [0.25, 0.3) is 0 Å². The summed E-state index contributed by atoms with van der Waals surface area (Å²) in [5, 5.41) is 3.05. The van der Waals surface area contributed by atoms with Crippen molar-refractivity contribution < 1.29 is 4.79 Å². The van der Waals surface area contributed by atoms with Crippen LogP contribution in [0.1, 0.15) is 40.0 Å². The maximum Gasteiger partial charge on any atom is 0.227 e. The minimum atomic E-state index is -0.383. The quantitative estimate of drug-likeness (QED) is 0.685. The van der Waals surface area contributed by atoms with Gasteiger partial charge in [-0.3, -0.25) is 4.79 Å². The summed E-state index contributed by atoms with van der Waals surface area (Å²) in [6.07, 6.45) is 3.00. The molecule has 1 rings (SSSR count). The van der Waals surface area contributed by atoms with Crippen LogP contribution in [0.5, 0.6) is 0 Å². The fourth-order valence-corrected chi connectivity index (χ4v) is 1.14. The Balaban J connectivity index is 2.54. The molecule has 0 heterocycles. The van der Waals surface area contributed by atoms with Gasteiger partial charge in [0.1, 0.15) is 0 Å². The Morgan fingerprint density at radius 3 is 2.46 bits per heavy atom. The molecule has 3 nitrogen and oxygen atoms in total. The highest BCUT2D eigenvalue weighted by Crippen LogP contribution is 2.35. The van der Waals surface area contributed by atoms with Crippen LogP contribution in [0.3, 0.4) is 0 Å². The number of nitrogens with two attached hydrogens (primary N) is 1. The minimum Gasteiger partial charge on any atom is -0.350 e. The molecule has 13 heavy (non-hydrogen) atoms. The van der Waals surface area contributed by atoms with Crippen LogP contribution in [0.15, 0.2) is 0 Å². The van der Waals surface area contributed by atoms with Gasteiger partial charge in [-0.05, 0) is 33.1 Å². The molecule has 1 saturated carbocycles. The monoisotopic (exact) mass is 184 g/mol. The van der Waals surface area contributed by atoms with Crippen molar-refractivity contribution in [2.75, 3.05) is 6.54 Å². The van der Waals surface area contributed by atoms with E-state index in [2.05, 4.69) is 12.2 Å². The first kappa shape index (κ1) is 10.5. The van der Waals surface area contributed by atoms with Gasteiger partial charge in [0.25, 0.3) is 0 Å². The molecule has 1 atom stereocenters. The zero-order valence-electron chi connectivity index (χ0n) is 8.81. The van der Waals surface area contributed by atoms with E-state index >= 15 is 0 Å². The molecule has 1 fully saturated rings. The molecule has 0 radical (unpaired) electrons. The Hall–Kier alpha value is -0.570. The second-order valence-corrected chi connectivity index (χ2v) is 4.63. The van der Waals surface area contributed by atoms with Gasteiger partial charge in [0.2, 0.25) is 5.91 Å². The molecule has 0 saturated heterocycles. The maximum absolute atomic E-state index is 11.8. The topological polar surface area (TPSA) is 55.1 Å². The molecule has 0 aromatic rings. The zero-order valence-corrected chi connectivity index (χ0v) is 8.81. The lowest BCUT2D eigenvalue weighted by Crippen LogP contribution is -2.47. The van der Waals surface area contributed by atoms with Crippen molar-refractivity contribution in [2.45, 2.75) is 45.6 Å². The Morgan fingerprint density at radius 1 is 1.62 bits per heavy atom. The lowest BCUT2D eigenvalue weighted by molar-refractivity contribution is -0.130. The third kappa shape index (κ3) is 2.21. The number of hydrogen-bond donors (Lipinski definition) is 2. The SMILES string of the molecule is CCC(C)(CN)C(=O)NC1(C)CC1. The molecule has 1 amide bonds. The van der Waals surface area contributed by atoms with Gasteiger partial charge >= 0.3 is 0 Å². The Kier molecular flexibility index (Phi) is 2.66. The molecule has 1 aliphatic carbocycles. The van der Waals surface area contributed by atoms with Crippen molar-refractivity contribution in [2.24, 2.45) is 11.1 Å². The Labute approximate surface area is 80.1 Å². The maximum atomic E-state index is 11.8. The molecular formula is C10H20N2O. The summed E-state index contributed by atoms with van der Waals surface area (Å²) < 4.78 is 0. The standard InChI is InChI=1S/C10H20N2O/c1-4-9(2,7-11)8(13)12-10(3)5-6-10/h4-7,11H2,1-3H3,(H,12,13). The van der Waals surface area contributed by atoms with Gasteiger partial charge < -0.3 is 11.1 Å².